The second-order valence-corrected chi connectivity index (χ2v) is 8.00. The molecule has 0 aliphatic heterocycles. The van der Waals surface area contributed by atoms with Crippen molar-refractivity contribution < 1.29 is 4.74 Å². The number of pyridine rings is 3. The Morgan fingerprint density at radius 3 is 2.90 bits per heavy atom. The highest BCUT2D eigenvalue weighted by Crippen LogP contribution is 2.25. The highest BCUT2D eigenvalue weighted by Gasteiger charge is 2.16. The normalized spacial score (nSPS) is 14.3. The summed E-state index contributed by atoms with van der Waals surface area (Å²) in [7, 11) is 1.53. The van der Waals surface area contributed by atoms with Crippen LogP contribution < -0.4 is 15.6 Å². The largest absolute Gasteiger partial charge is 0.480 e. The fourth-order valence-corrected chi connectivity index (χ4v) is 4.03. The minimum Gasteiger partial charge on any atom is -0.480 e. The molecule has 5 rings (SSSR count). The van der Waals surface area contributed by atoms with Crippen molar-refractivity contribution in [2.75, 3.05) is 13.7 Å². The summed E-state index contributed by atoms with van der Waals surface area (Å²) >= 11 is 0. The van der Waals surface area contributed by atoms with Gasteiger partial charge in [-0.1, -0.05) is 12.5 Å². The van der Waals surface area contributed by atoms with E-state index >= 15 is 0 Å². The zero-order valence-electron chi connectivity index (χ0n) is 17.0. The summed E-state index contributed by atoms with van der Waals surface area (Å²) < 4.78 is 8.96. The molecule has 4 aromatic rings. The third kappa shape index (κ3) is 3.57. The average Bonchev–Trinajstić information content (AvgIpc) is 3.13. The standard InChI is InChI=1S/C23H25N5O2/c1-30-22-21-18(7-9-25-22)8-10-27(23(21)29)14-19-15-28-13-17(5-6-20(28)26-19)12-24-11-16-3-2-4-16/h5-10,13,15-16,24H,2-4,11-12,14H2,1H3. The van der Waals surface area contributed by atoms with Gasteiger partial charge in [0.05, 0.1) is 19.3 Å². The highest BCUT2D eigenvalue weighted by molar-refractivity contribution is 5.85. The number of fused-ring (bicyclic) bond motifs is 2. The van der Waals surface area contributed by atoms with E-state index in [0.717, 1.165) is 35.7 Å². The summed E-state index contributed by atoms with van der Waals surface area (Å²) in [5.74, 6) is 1.20. The third-order valence-electron chi connectivity index (χ3n) is 5.93. The Labute approximate surface area is 174 Å². The summed E-state index contributed by atoms with van der Waals surface area (Å²) in [5.41, 5.74) is 2.81. The summed E-state index contributed by atoms with van der Waals surface area (Å²) in [4.78, 5) is 21.8. The Kier molecular flexibility index (Phi) is 4.96. The molecule has 0 amide bonds. The molecule has 0 unspecified atom stereocenters. The van der Waals surface area contributed by atoms with Gasteiger partial charge in [-0.2, -0.15) is 0 Å². The van der Waals surface area contributed by atoms with Gasteiger partial charge in [-0.25, -0.2) is 9.97 Å². The molecule has 1 N–H and O–H groups in total. The number of methoxy groups -OCH3 is 1. The first-order chi connectivity index (χ1) is 14.7. The molecule has 4 aromatic heterocycles. The monoisotopic (exact) mass is 403 g/mol. The Hall–Kier alpha value is -3.19. The quantitative estimate of drug-likeness (QED) is 0.514. The number of aromatic nitrogens is 4. The van der Waals surface area contributed by atoms with Crippen LogP contribution in [0, 0.1) is 5.92 Å². The molecular weight excluding hydrogens is 378 g/mol. The maximum atomic E-state index is 13.0. The van der Waals surface area contributed by atoms with Crippen LogP contribution >= 0.6 is 0 Å². The molecule has 0 aromatic carbocycles. The number of rotatable bonds is 7. The van der Waals surface area contributed by atoms with E-state index in [1.165, 1.54) is 31.9 Å². The lowest BCUT2D eigenvalue weighted by atomic mass is 9.85. The van der Waals surface area contributed by atoms with Gasteiger partial charge in [0, 0.05) is 31.3 Å². The molecule has 7 heteroatoms. The first kappa shape index (κ1) is 18.8. The number of hydrogen-bond donors (Lipinski definition) is 1. The van der Waals surface area contributed by atoms with Crippen LogP contribution in [0.4, 0.5) is 0 Å². The second kappa shape index (κ2) is 7.91. The first-order valence-corrected chi connectivity index (χ1v) is 10.4. The van der Waals surface area contributed by atoms with Gasteiger partial charge < -0.3 is 19.0 Å². The molecule has 1 fully saturated rings. The summed E-state index contributed by atoms with van der Waals surface area (Å²) in [5, 5.41) is 4.86. The molecule has 1 aliphatic rings. The lowest BCUT2D eigenvalue weighted by Gasteiger charge is -2.25. The number of imidazole rings is 1. The SMILES string of the molecule is COc1nccc2ccn(Cc3cn4cc(CNCC5CCC5)ccc4n3)c(=O)c12. The molecule has 154 valence electrons. The minimum absolute atomic E-state index is 0.129. The van der Waals surface area contributed by atoms with Crippen LogP contribution in [0.25, 0.3) is 16.4 Å². The number of ether oxygens (including phenoxy) is 1. The zero-order chi connectivity index (χ0) is 20.5. The lowest BCUT2D eigenvalue weighted by Crippen LogP contribution is -2.26. The van der Waals surface area contributed by atoms with Crippen molar-refractivity contribution in [1.82, 2.24) is 24.3 Å². The summed E-state index contributed by atoms with van der Waals surface area (Å²) in [6.07, 6.45) is 11.6. The Morgan fingerprint density at radius 2 is 2.10 bits per heavy atom. The molecule has 1 aliphatic carbocycles. The van der Waals surface area contributed by atoms with Gasteiger partial charge in [0.25, 0.3) is 5.56 Å². The number of nitrogens with one attached hydrogen (secondary N) is 1. The van der Waals surface area contributed by atoms with Crippen LogP contribution in [-0.2, 0) is 13.1 Å². The smallest absolute Gasteiger partial charge is 0.264 e. The van der Waals surface area contributed by atoms with Crippen LogP contribution in [0.5, 0.6) is 5.88 Å². The van der Waals surface area contributed by atoms with Gasteiger partial charge in [-0.3, -0.25) is 4.79 Å². The van der Waals surface area contributed by atoms with Crippen molar-refractivity contribution >= 4 is 16.4 Å². The Morgan fingerprint density at radius 1 is 1.20 bits per heavy atom. The molecule has 7 nitrogen and oxygen atoms in total. The van der Waals surface area contributed by atoms with Crippen LogP contribution in [0.1, 0.15) is 30.5 Å². The number of hydrogen-bond acceptors (Lipinski definition) is 5. The number of nitrogens with zero attached hydrogens (tertiary/aromatic N) is 4. The van der Waals surface area contributed by atoms with E-state index in [1.807, 2.05) is 28.8 Å². The van der Waals surface area contributed by atoms with Crippen molar-refractivity contribution in [1.29, 1.82) is 0 Å². The Balaban J connectivity index is 1.37. The van der Waals surface area contributed by atoms with Crippen LogP contribution in [-0.4, -0.2) is 32.6 Å². The fraction of sp³-hybridized carbons (Fsp3) is 0.348. The van der Waals surface area contributed by atoms with Gasteiger partial charge in [0.15, 0.2) is 0 Å². The van der Waals surface area contributed by atoms with E-state index in [9.17, 15) is 4.79 Å². The van der Waals surface area contributed by atoms with E-state index in [1.54, 1.807) is 17.0 Å². The predicted octanol–water partition coefficient (Wildman–Crippen LogP) is 2.99. The van der Waals surface area contributed by atoms with E-state index in [2.05, 4.69) is 27.5 Å². The van der Waals surface area contributed by atoms with Gasteiger partial charge in [-0.15, -0.1) is 0 Å². The molecule has 4 heterocycles. The van der Waals surface area contributed by atoms with Crippen molar-refractivity contribution in [2.24, 2.45) is 5.92 Å². The second-order valence-electron chi connectivity index (χ2n) is 8.00. The molecule has 0 radical (unpaired) electrons. The summed E-state index contributed by atoms with van der Waals surface area (Å²) in [6, 6.07) is 7.86. The molecule has 0 atom stereocenters. The average molecular weight is 403 g/mol. The molecule has 0 spiro atoms. The van der Waals surface area contributed by atoms with E-state index in [-0.39, 0.29) is 5.56 Å². The lowest BCUT2D eigenvalue weighted by molar-refractivity contribution is 0.301. The predicted molar refractivity (Wildman–Crippen MR) is 116 cm³/mol. The highest BCUT2D eigenvalue weighted by atomic mass is 16.5. The maximum absolute atomic E-state index is 13.0. The van der Waals surface area contributed by atoms with Gasteiger partial charge >= 0.3 is 0 Å². The maximum Gasteiger partial charge on any atom is 0.264 e. The van der Waals surface area contributed by atoms with Gasteiger partial charge in [0.2, 0.25) is 5.88 Å². The molecule has 0 bridgehead atoms. The molecular formula is C23H25N5O2. The van der Waals surface area contributed by atoms with Gasteiger partial charge in [-0.05, 0) is 54.5 Å². The topological polar surface area (TPSA) is 73.5 Å². The minimum atomic E-state index is -0.129. The van der Waals surface area contributed by atoms with E-state index in [4.69, 9.17) is 4.74 Å². The zero-order valence-corrected chi connectivity index (χ0v) is 17.0. The van der Waals surface area contributed by atoms with Crippen molar-refractivity contribution in [3.8, 4) is 5.88 Å². The third-order valence-corrected chi connectivity index (χ3v) is 5.93. The van der Waals surface area contributed by atoms with E-state index in [0.29, 0.717) is 17.8 Å². The van der Waals surface area contributed by atoms with Crippen molar-refractivity contribution in [3.63, 3.8) is 0 Å². The van der Waals surface area contributed by atoms with E-state index < -0.39 is 0 Å². The van der Waals surface area contributed by atoms with Crippen molar-refractivity contribution in [2.45, 2.75) is 32.4 Å². The van der Waals surface area contributed by atoms with Crippen LogP contribution in [0.2, 0.25) is 0 Å². The molecule has 0 saturated heterocycles. The van der Waals surface area contributed by atoms with Gasteiger partial charge in [0.1, 0.15) is 11.0 Å². The van der Waals surface area contributed by atoms with Crippen LogP contribution in [0.3, 0.4) is 0 Å². The van der Waals surface area contributed by atoms with Crippen molar-refractivity contribution in [3.05, 3.63) is 70.7 Å². The summed E-state index contributed by atoms with van der Waals surface area (Å²) in [6.45, 7) is 2.34. The fourth-order valence-electron chi connectivity index (χ4n) is 4.03. The first-order valence-electron chi connectivity index (χ1n) is 10.4. The Bertz CT molecular complexity index is 1260. The molecule has 30 heavy (non-hydrogen) atoms. The molecule has 1 saturated carbocycles. The van der Waals surface area contributed by atoms with Crippen LogP contribution in [0.15, 0.2) is 53.8 Å².